The van der Waals surface area contributed by atoms with Crippen molar-refractivity contribution in [3.63, 3.8) is 0 Å². The number of aryl methyl sites for hydroxylation is 3. The fraction of sp³-hybridized carbons (Fsp3) is 0.750. The number of fused-ring (bicyclic) bond motifs is 7. The molecular weight excluding hydrogens is 635 g/mol. The Bertz CT molecular complexity index is 1660. The molecule has 0 aliphatic heterocycles. The lowest BCUT2D eigenvalue weighted by atomic mass is 9.33. The number of allylic oxidation sites excluding steroid dienone is 2. The predicted molar refractivity (Wildman–Crippen MR) is 201 cm³/mol. The van der Waals surface area contributed by atoms with Gasteiger partial charge in [-0.25, -0.2) is 0 Å². The smallest absolute Gasteiger partial charge is 0.312 e. The number of aliphatic hydroxyl groups is 1. The number of carbonyl (C=O) groups is 1. The van der Waals surface area contributed by atoms with Gasteiger partial charge in [0, 0.05) is 13.0 Å². The van der Waals surface area contributed by atoms with Crippen LogP contribution in [0.25, 0.3) is 0 Å². The Balaban J connectivity index is 1.04. The Morgan fingerprint density at radius 1 is 0.980 bits per heavy atom. The molecule has 0 bridgehead atoms. The lowest BCUT2D eigenvalue weighted by Gasteiger charge is -2.71. The highest BCUT2D eigenvalue weighted by Gasteiger charge is 2.69. The fourth-order valence-electron chi connectivity index (χ4n) is 13.0. The first kappa shape index (κ1) is 36.7. The highest BCUT2D eigenvalue weighted by Crippen LogP contribution is 2.75. The van der Waals surface area contributed by atoms with Crippen molar-refractivity contribution in [2.24, 2.45) is 56.7 Å². The maximum Gasteiger partial charge on any atom is 0.312 e. The van der Waals surface area contributed by atoms with Crippen LogP contribution in [-0.2, 0) is 22.7 Å². The van der Waals surface area contributed by atoms with Crippen molar-refractivity contribution in [3.05, 3.63) is 52.9 Å². The van der Waals surface area contributed by atoms with Gasteiger partial charge in [0.1, 0.15) is 18.1 Å². The normalized spacial score (nSPS) is 39.8. The summed E-state index contributed by atoms with van der Waals surface area (Å²) in [5, 5.41) is 19.7. The molecule has 7 nitrogen and oxygen atoms in total. The third-order valence-electron chi connectivity index (χ3n) is 16.4. The fourth-order valence-corrected chi connectivity index (χ4v) is 13.0. The predicted octanol–water partition coefficient (Wildman–Crippen LogP) is 9.43. The van der Waals surface area contributed by atoms with E-state index < -0.39 is 5.41 Å². The lowest BCUT2D eigenvalue weighted by Crippen LogP contribution is -2.65. The van der Waals surface area contributed by atoms with Crippen LogP contribution < -0.4 is 4.74 Å². The molecule has 0 saturated heterocycles. The molecule has 1 aromatic carbocycles. The molecule has 7 heteroatoms. The van der Waals surface area contributed by atoms with E-state index in [1.54, 1.807) is 5.57 Å². The van der Waals surface area contributed by atoms with E-state index in [4.69, 9.17) is 9.47 Å². The van der Waals surface area contributed by atoms with Crippen LogP contribution in [0.1, 0.15) is 129 Å². The van der Waals surface area contributed by atoms with Gasteiger partial charge in [-0.05, 0) is 135 Å². The van der Waals surface area contributed by atoms with Crippen LogP contribution >= 0.6 is 0 Å². The maximum absolute atomic E-state index is 14.4. The van der Waals surface area contributed by atoms with Gasteiger partial charge in [-0.1, -0.05) is 83.0 Å². The van der Waals surface area contributed by atoms with Crippen molar-refractivity contribution in [3.8, 4) is 5.75 Å². The summed E-state index contributed by atoms with van der Waals surface area (Å²) >= 11 is 0. The Morgan fingerprint density at radius 3 is 2.53 bits per heavy atom. The molecule has 0 radical (unpaired) electrons. The first-order valence-electron chi connectivity index (χ1n) is 20.2. The second-order valence-electron chi connectivity index (χ2n) is 19.2. The van der Waals surface area contributed by atoms with Gasteiger partial charge >= 0.3 is 5.97 Å². The van der Waals surface area contributed by atoms with E-state index in [-0.39, 0.29) is 39.7 Å². The summed E-state index contributed by atoms with van der Waals surface area (Å²) in [5.74, 6) is 3.28. The largest absolute Gasteiger partial charge is 0.487 e. The zero-order valence-electron chi connectivity index (χ0n) is 33.1. The van der Waals surface area contributed by atoms with Crippen LogP contribution in [-0.4, -0.2) is 38.8 Å². The molecule has 5 aliphatic carbocycles. The van der Waals surface area contributed by atoms with Gasteiger partial charge in [-0.3, -0.25) is 9.48 Å². The van der Waals surface area contributed by atoms with Crippen molar-refractivity contribution < 1.29 is 19.4 Å². The summed E-state index contributed by atoms with van der Waals surface area (Å²) in [6, 6.07) is 6.18. The summed E-state index contributed by atoms with van der Waals surface area (Å²) in [6.45, 7) is 22.8. The number of nitrogens with zero attached hydrogens (tertiary/aromatic N) is 3. The monoisotopic (exact) mass is 699 g/mol. The number of aromatic nitrogens is 3. The molecule has 51 heavy (non-hydrogen) atoms. The highest BCUT2D eigenvalue weighted by atomic mass is 16.5. The third kappa shape index (κ3) is 5.73. The van der Waals surface area contributed by atoms with Gasteiger partial charge in [-0.2, -0.15) is 0 Å². The summed E-state index contributed by atoms with van der Waals surface area (Å²) in [6.07, 6.45) is 14.6. The van der Waals surface area contributed by atoms with Gasteiger partial charge < -0.3 is 14.6 Å². The van der Waals surface area contributed by atoms with Gasteiger partial charge in [-0.15, -0.1) is 5.10 Å². The molecule has 5 aliphatic rings. The van der Waals surface area contributed by atoms with Crippen molar-refractivity contribution in [1.29, 1.82) is 0 Å². The van der Waals surface area contributed by atoms with Crippen LogP contribution in [0.2, 0.25) is 0 Å². The molecule has 4 fully saturated rings. The van der Waals surface area contributed by atoms with Gasteiger partial charge in [0.25, 0.3) is 0 Å². The van der Waals surface area contributed by atoms with E-state index in [0.29, 0.717) is 49.9 Å². The number of esters is 1. The van der Waals surface area contributed by atoms with Crippen molar-refractivity contribution >= 4 is 5.97 Å². The third-order valence-corrected chi connectivity index (χ3v) is 16.4. The molecule has 0 spiro atoms. The summed E-state index contributed by atoms with van der Waals surface area (Å²) in [7, 11) is 0. The minimum atomic E-state index is -0.440. The molecule has 1 unspecified atom stereocenters. The zero-order valence-corrected chi connectivity index (χ0v) is 33.1. The summed E-state index contributed by atoms with van der Waals surface area (Å²) in [5.41, 5.74) is 4.67. The lowest BCUT2D eigenvalue weighted by molar-refractivity contribution is -0.207. The van der Waals surface area contributed by atoms with Crippen LogP contribution in [0.3, 0.4) is 0 Å². The molecule has 1 aromatic heterocycles. The number of hydrogen-bond donors (Lipinski definition) is 1. The number of carbonyl (C=O) groups excluding carboxylic acids is 1. The number of rotatable bonds is 8. The van der Waals surface area contributed by atoms with E-state index in [1.165, 1.54) is 18.4 Å². The van der Waals surface area contributed by atoms with Crippen molar-refractivity contribution in [1.82, 2.24) is 15.0 Å². The van der Waals surface area contributed by atoms with E-state index in [2.05, 4.69) is 90.8 Å². The molecule has 4 saturated carbocycles. The molecule has 2 aromatic rings. The Morgan fingerprint density at radius 2 is 1.76 bits per heavy atom. The van der Waals surface area contributed by atoms with Gasteiger partial charge in [0.05, 0.1) is 24.3 Å². The molecule has 1 heterocycles. The highest BCUT2D eigenvalue weighted by molar-refractivity contribution is 5.79. The Kier molecular flexibility index (Phi) is 9.36. The molecule has 0 amide bonds. The number of aliphatic hydroxyl groups excluding tert-OH is 1. The van der Waals surface area contributed by atoms with Gasteiger partial charge in [0.2, 0.25) is 0 Å². The van der Waals surface area contributed by atoms with Crippen molar-refractivity contribution in [2.75, 3.05) is 6.61 Å². The zero-order chi connectivity index (χ0) is 36.6. The maximum atomic E-state index is 14.4. The van der Waals surface area contributed by atoms with Crippen molar-refractivity contribution in [2.45, 2.75) is 146 Å². The molecule has 280 valence electrons. The first-order valence-corrected chi connectivity index (χ1v) is 20.2. The summed E-state index contributed by atoms with van der Waals surface area (Å²) < 4.78 is 14.1. The SMILES string of the molecule is Cc1ccc(OCc2cn(CCCOC(=O)[C@]34CC[C@@H](C)[C@H](C)[C@H]3C3=CC[C@@H]5[C@@]6(C)CC[C@H](O)C(C)(C)C6CC[C@@]5(C)[C@]3(C)CC4)nn2)c(C)c1. The Labute approximate surface area is 307 Å². The quantitative estimate of drug-likeness (QED) is 0.168. The molecule has 7 rings (SSSR count). The van der Waals surface area contributed by atoms with E-state index >= 15 is 0 Å². The second kappa shape index (κ2) is 13.0. The molecule has 10 atom stereocenters. The molecular formula is C44H65N3O4. The standard InChI is InChI=1S/C44H65N3O4/c1-28-11-13-34(30(3)25-28)51-27-32-26-47(46-45-32)23-10-24-50-39(49)44-20-15-29(2)31(4)38(44)33-12-14-36-41(7)18-17-37(48)40(5,6)35(41)16-19-43(36,9)42(33,8)21-22-44/h11-13,25-26,29,31,35-38,48H,10,14-24,27H2,1-9H3/t29-,31+,35?,36-,37+,38+,41+,42-,43-,44+/m1/s1. The minimum absolute atomic E-state index is 0.0290. The Hall–Kier alpha value is -2.67. The number of benzene rings is 1. The topological polar surface area (TPSA) is 86.5 Å². The number of hydrogen-bond acceptors (Lipinski definition) is 6. The van der Waals surface area contributed by atoms with E-state index in [0.717, 1.165) is 62.0 Å². The minimum Gasteiger partial charge on any atom is -0.487 e. The van der Waals surface area contributed by atoms with Crippen LogP contribution in [0.15, 0.2) is 36.0 Å². The summed E-state index contributed by atoms with van der Waals surface area (Å²) in [4.78, 5) is 14.4. The van der Waals surface area contributed by atoms with E-state index in [9.17, 15) is 9.90 Å². The first-order chi connectivity index (χ1) is 24.1. The van der Waals surface area contributed by atoms with E-state index in [1.807, 2.05) is 16.9 Å². The van der Waals surface area contributed by atoms with Crippen LogP contribution in [0.4, 0.5) is 0 Å². The molecule has 1 N–H and O–H groups in total. The van der Waals surface area contributed by atoms with Gasteiger partial charge in [0.15, 0.2) is 0 Å². The van der Waals surface area contributed by atoms with Crippen LogP contribution in [0.5, 0.6) is 5.75 Å². The number of ether oxygens (including phenoxy) is 2. The average Bonchev–Trinajstić information content (AvgIpc) is 3.54. The average molecular weight is 700 g/mol. The second-order valence-corrected chi connectivity index (χ2v) is 19.2. The van der Waals surface area contributed by atoms with Crippen LogP contribution in [0, 0.1) is 70.5 Å².